The molecule has 1 aromatic carbocycles. The van der Waals surface area contributed by atoms with Crippen molar-refractivity contribution in [2.45, 2.75) is 45.3 Å². The Labute approximate surface area is 177 Å². The molecule has 0 radical (unpaired) electrons. The van der Waals surface area contributed by atoms with E-state index in [0.29, 0.717) is 12.3 Å². The monoisotopic (exact) mass is 410 g/mol. The maximum Gasteiger partial charge on any atom is 0.419 e. The number of hydrogen-bond acceptors (Lipinski definition) is 5. The summed E-state index contributed by atoms with van der Waals surface area (Å²) in [4.78, 5) is 27.5. The van der Waals surface area contributed by atoms with Crippen LogP contribution in [0.1, 0.15) is 32.9 Å². The molecule has 3 aliphatic rings. The molecular weight excluding hydrogens is 380 g/mol. The van der Waals surface area contributed by atoms with Crippen LogP contribution in [0.3, 0.4) is 0 Å². The van der Waals surface area contributed by atoms with E-state index in [4.69, 9.17) is 9.47 Å². The second-order valence-electron chi connectivity index (χ2n) is 9.26. The predicted octanol–water partition coefficient (Wildman–Crippen LogP) is 4.02. The molecule has 1 fully saturated rings. The van der Waals surface area contributed by atoms with Gasteiger partial charge in [0.15, 0.2) is 0 Å². The van der Waals surface area contributed by atoms with Gasteiger partial charge in [0.05, 0.1) is 18.5 Å². The number of carbonyl (C=O) groups is 2. The molecule has 1 aliphatic carbocycles. The van der Waals surface area contributed by atoms with Gasteiger partial charge < -0.3 is 9.47 Å². The molecule has 0 spiro atoms. The fraction of sp³-hybridized carbons (Fsp3) is 0.500. The van der Waals surface area contributed by atoms with E-state index in [-0.39, 0.29) is 24.0 Å². The third kappa shape index (κ3) is 4.01. The lowest BCUT2D eigenvalue weighted by atomic mass is 9.77. The van der Waals surface area contributed by atoms with Gasteiger partial charge in [0.25, 0.3) is 0 Å². The number of nitrogens with zero attached hydrogens (tertiary/aromatic N) is 2. The summed E-state index contributed by atoms with van der Waals surface area (Å²) in [6.45, 7) is 7.32. The number of fused-ring (bicyclic) bond motifs is 3. The van der Waals surface area contributed by atoms with Gasteiger partial charge in [0.2, 0.25) is 0 Å². The fourth-order valence-electron chi connectivity index (χ4n) is 4.69. The minimum Gasteiger partial charge on any atom is -0.469 e. The minimum absolute atomic E-state index is 0.0572. The lowest BCUT2D eigenvalue weighted by Gasteiger charge is -2.45. The summed E-state index contributed by atoms with van der Waals surface area (Å²) in [7, 11) is 1.46. The average molecular weight is 411 g/mol. The topological polar surface area (TPSA) is 60.8 Å². The Hall–Kier alpha value is -2.60. The highest BCUT2D eigenvalue weighted by molar-refractivity contribution is 5.91. The van der Waals surface area contributed by atoms with Crippen molar-refractivity contribution in [3.63, 3.8) is 0 Å². The number of rotatable bonds is 4. The van der Waals surface area contributed by atoms with Crippen molar-refractivity contribution < 1.29 is 19.1 Å². The molecule has 3 atom stereocenters. The summed E-state index contributed by atoms with van der Waals surface area (Å²) in [5.41, 5.74) is 1.21. The fourth-order valence-corrected chi connectivity index (χ4v) is 4.69. The van der Waals surface area contributed by atoms with Crippen LogP contribution >= 0.6 is 0 Å². The molecule has 3 heterocycles. The van der Waals surface area contributed by atoms with Crippen molar-refractivity contribution in [3.8, 4) is 0 Å². The number of hydrogen-bond donors (Lipinski definition) is 0. The lowest BCUT2D eigenvalue weighted by molar-refractivity contribution is -0.150. The predicted molar refractivity (Wildman–Crippen MR) is 115 cm³/mol. The second-order valence-corrected chi connectivity index (χ2v) is 9.26. The Kier molecular flexibility index (Phi) is 5.45. The second kappa shape index (κ2) is 7.91. The smallest absolute Gasteiger partial charge is 0.419 e. The molecule has 0 saturated carbocycles. The first-order valence-corrected chi connectivity index (χ1v) is 10.6. The molecule has 160 valence electrons. The van der Waals surface area contributed by atoms with Crippen LogP contribution in [0, 0.1) is 11.8 Å². The van der Waals surface area contributed by atoms with E-state index < -0.39 is 5.60 Å². The van der Waals surface area contributed by atoms with Crippen LogP contribution < -0.4 is 0 Å². The summed E-state index contributed by atoms with van der Waals surface area (Å²) in [6, 6.07) is 9.99. The third-order valence-corrected chi connectivity index (χ3v) is 5.96. The van der Waals surface area contributed by atoms with Crippen LogP contribution in [0.5, 0.6) is 0 Å². The summed E-state index contributed by atoms with van der Waals surface area (Å²) in [5.74, 6) is 0.119. The van der Waals surface area contributed by atoms with Gasteiger partial charge in [-0.15, -0.1) is 0 Å². The summed E-state index contributed by atoms with van der Waals surface area (Å²) in [6.07, 6.45) is 5.55. The van der Waals surface area contributed by atoms with Gasteiger partial charge in [-0.25, -0.2) is 9.36 Å². The normalized spacial score (nSPS) is 23.7. The Balaban J connectivity index is 1.57. The zero-order chi connectivity index (χ0) is 21.5. The zero-order valence-corrected chi connectivity index (χ0v) is 18.1. The number of methoxy groups -OCH3 is 1. The van der Waals surface area contributed by atoms with Gasteiger partial charge in [-0.2, -0.15) is 0 Å². The highest BCUT2D eigenvalue weighted by atomic mass is 16.6. The number of para-hydroxylation sites is 1. The molecule has 0 amide bonds. The first-order chi connectivity index (χ1) is 14.3. The Morgan fingerprint density at radius 3 is 2.63 bits per heavy atom. The summed E-state index contributed by atoms with van der Waals surface area (Å²) < 4.78 is 12.4. The molecule has 2 bridgehead atoms. The standard InChI is InChI=1S/C24H30N2O4/c1-24(2,3)30-23(28)26-18(14-17-7-5-6-8-20(17)26)11-12-25-15-16-9-10-21(25)19(13-16)22(27)29-4/h5-10,14,16,19,21H,11-13,15H2,1-4H3/t16-,19-,21+/m0/s1. The van der Waals surface area contributed by atoms with Crippen LogP contribution in [0.2, 0.25) is 0 Å². The summed E-state index contributed by atoms with van der Waals surface area (Å²) >= 11 is 0. The Morgan fingerprint density at radius 1 is 1.17 bits per heavy atom. The Bertz CT molecular complexity index is 985. The highest BCUT2D eigenvalue weighted by Crippen LogP contribution is 2.35. The van der Waals surface area contributed by atoms with Crippen LogP contribution in [0.15, 0.2) is 42.5 Å². The molecule has 0 unspecified atom stereocenters. The quantitative estimate of drug-likeness (QED) is 0.563. The Morgan fingerprint density at radius 2 is 1.93 bits per heavy atom. The van der Waals surface area contributed by atoms with Gasteiger partial charge in [-0.3, -0.25) is 9.69 Å². The average Bonchev–Trinajstić information content (AvgIpc) is 3.09. The zero-order valence-electron chi connectivity index (χ0n) is 18.1. The van der Waals surface area contributed by atoms with E-state index in [2.05, 4.69) is 23.1 Å². The molecule has 5 rings (SSSR count). The van der Waals surface area contributed by atoms with E-state index in [1.165, 1.54) is 7.11 Å². The van der Waals surface area contributed by atoms with Crippen LogP contribution in [-0.4, -0.2) is 53.4 Å². The van der Waals surface area contributed by atoms with Crippen LogP contribution in [-0.2, 0) is 20.7 Å². The van der Waals surface area contributed by atoms with Crippen molar-refractivity contribution in [1.82, 2.24) is 9.47 Å². The minimum atomic E-state index is -0.565. The molecule has 2 aliphatic heterocycles. The van der Waals surface area contributed by atoms with Gasteiger partial charge in [0, 0.05) is 36.6 Å². The van der Waals surface area contributed by atoms with Gasteiger partial charge in [-0.1, -0.05) is 30.4 Å². The molecule has 6 heteroatoms. The van der Waals surface area contributed by atoms with Crippen molar-refractivity contribution in [2.75, 3.05) is 20.2 Å². The molecule has 30 heavy (non-hydrogen) atoms. The maximum atomic E-state index is 13.0. The van der Waals surface area contributed by atoms with E-state index in [1.54, 1.807) is 4.57 Å². The van der Waals surface area contributed by atoms with Crippen molar-refractivity contribution in [1.29, 1.82) is 0 Å². The number of carbonyl (C=O) groups excluding carboxylic acids is 2. The highest BCUT2D eigenvalue weighted by Gasteiger charge is 2.41. The molecule has 6 nitrogen and oxygen atoms in total. The third-order valence-electron chi connectivity index (χ3n) is 5.96. The number of piperidine rings is 1. The van der Waals surface area contributed by atoms with E-state index in [9.17, 15) is 9.59 Å². The SMILES string of the molecule is COC(=O)[C@H]1C[C@@H]2C=C[C@H]1N(CCc1cc3ccccc3n1C(=O)OC(C)(C)C)C2. The van der Waals surface area contributed by atoms with Gasteiger partial charge in [-0.05, 0) is 45.2 Å². The number of aromatic nitrogens is 1. The molecule has 2 aromatic rings. The number of ether oxygens (including phenoxy) is 2. The van der Waals surface area contributed by atoms with Crippen molar-refractivity contribution in [3.05, 3.63) is 48.2 Å². The van der Waals surface area contributed by atoms with E-state index in [1.807, 2.05) is 45.0 Å². The first-order valence-electron chi connectivity index (χ1n) is 10.6. The number of esters is 1. The van der Waals surface area contributed by atoms with Crippen molar-refractivity contribution >= 4 is 23.0 Å². The van der Waals surface area contributed by atoms with E-state index in [0.717, 1.165) is 36.1 Å². The van der Waals surface area contributed by atoms with Crippen LogP contribution in [0.4, 0.5) is 4.79 Å². The molecule has 1 aromatic heterocycles. The van der Waals surface area contributed by atoms with Gasteiger partial charge in [0.1, 0.15) is 5.60 Å². The molecule has 1 saturated heterocycles. The lowest BCUT2D eigenvalue weighted by Crippen LogP contribution is -2.53. The van der Waals surface area contributed by atoms with Crippen LogP contribution in [0.25, 0.3) is 10.9 Å². The molecular formula is C24H30N2O4. The number of benzene rings is 1. The summed E-state index contributed by atoms with van der Waals surface area (Å²) in [5, 5.41) is 1.02. The largest absolute Gasteiger partial charge is 0.469 e. The van der Waals surface area contributed by atoms with Crippen molar-refractivity contribution in [2.24, 2.45) is 11.8 Å². The maximum absolute atomic E-state index is 13.0. The molecule has 0 N–H and O–H groups in total. The van der Waals surface area contributed by atoms with E-state index >= 15 is 0 Å². The first kappa shape index (κ1) is 20.7. The van der Waals surface area contributed by atoms with Gasteiger partial charge >= 0.3 is 12.1 Å².